The van der Waals surface area contributed by atoms with Crippen LogP contribution in [-0.4, -0.2) is 47.4 Å². The molecule has 0 radical (unpaired) electrons. The number of carbonyl (C=O) groups excluding carboxylic acids is 4. The van der Waals surface area contributed by atoms with Gasteiger partial charge in [0.15, 0.2) is 18.2 Å². The summed E-state index contributed by atoms with van der Waals surface area (Å²) in [6, 6.07) is 2.05. The Labute approximate surface area is 166 Å². The number of rotatable bonds is 8. The van der Waals surface area contributed by atoms with Crippen LogP contribution in [0.4, 0.5) is 19.3 Å². The van der Waals surface area contributed by atoms with Crippen molar-refractivity contribution in [1.29, 1.82) is 0 Å². The Morgan fingerprint density at radius 2 is 1.93 bits per heavy atom. The first-order valence-corrected chi connectivity index (χ1v) is 9.06. The fraction of sp³-hybridized carbons (Fsp3) is 0.474. The number of halogens is 2. The number of hydrogen-bond donors (Lipinski definition) is 2. The summed E-state index contributed by atoms with van der Waals surface area (Å²) in [6.07, 6.45) is 1.14. The zero-order valence-electron chi connectivity index (χ0n) is 16.4. The average molecular weight is 411 g/mol. The predicted octanol–water partition coefficient (Wildman–Crippen LogP) is 2.19. The number of urea groups is 1. The number of hydrogen-bond acceptors (Lipinski definition) is 5. The summed E-state index contributed by atoms with van der Waals surface area (Å²) in [7, 11) is 0. The molecule has 29 heavy (non-hydrogen) atoms. The molecule has 1 fully saturated rings. The smallest absolute Gasteiger partial charge is 0.326 e. The first-order chi connectivity index (χ1) is 13.5. The van der Waals surface area contributed by atoms with E-state index in [0.29, 0.717) is 18.8 Å². The molecule has 0 aromatic heterocycles. The van der Waals surface area contributed by atoms with E-state index in [4.69, 9.17) is 4.74 Å². The van der Waals surface area contributed by atoms with Gasteiger partial charge in [0.25, 0.3) is 11.8 Å². The molecule has 0 spiro atoms. The van der Waals surface area contributed by atoms with E-state index >= 15 is 0 Å². The van der Waals surface area contributed by atoms with Crippen LogP contribution in [0.1, 0.15) is 33.6 Å². The molecule has 2 N–H and O–H groups in total. The van der Waals surface area contributed by atoms with Crippen LogP contribution in [-0.2, 0) is 19.1 Å². The Morgan fingerprint density at radius 1 is 1.24 bits per heavy atom. The van der Waals surface area contributed by atoms with Gasteiger partial charge in [0.2, 0.25) is 0 Å². The molecule has 158 valence electrons. The molecule has 8 nitrogen and oxygen atoms in total. The third-order valence-electron chi connectivity index (χ3n) is 4.42. The highest BCUT2D eigenvalue weighted by molar-refractivity contribution is 6.08. The molecule has 0 unspecified atom stereocenters. The van der Waals surface area contributed by atoms with Gasteiger partial charge in [-0.3, -0.25) is 19.3 Å². The summed E-state index contributed by atoms with van der Waals surface area (Å²) in [4.78, 5) is 49.0. The number of esters is 1. The van der Waals surface area contributed by atoms with Crippen molar-refractivity contribution in [3.05, 3.63) is 29.8 Å². The summed E-state index contributed by atoms with van der Waals surface area (Å²) < 4.78 is 30.7. The van der Waals surface area contributed by atoms with Gasteiger partial charge in [0.1, 0.15) is 12.1 Å². The lowest BCUT2D eigenvalue weighted by atomic mass is 9.92. The quantitative estimate of drug-likeness (QED) is 0.504. The van der Waals surface area contributed by atoms with Crippen LogP contribution in [0, 0.1) is 17.6 Å². The van der Waals surface area contributed by atoms with Crippen LogP contribution in [0.25, 0.3) is 0 Å². The van der Waals surface area contributed by atoms with Crippen LogP contribution in [0.3, 0.4) is 0 Å². The van der Waals surface area contributed by atoms with Crippen LogP contribution in [0.2, 0.25) is 0 Å². The first kappa shape index (κ1) is 22.3. The molecular formula is C19H23F2N3O5. The second kappa shape index (κ2) is 8.97. The molecule has 1 heterocycles. The van der Waals surface area contributed by atoms with Gasteiger partial charge in [-0.05, 0) is 37.8 Å². The van der Waals surface area contributed by atoms with Gasteiger partial charge in [-0.2, -0.15) is 0 Å². The molecule has 0 bridgehead atoms. The molecule has 1 aromatic carbocycles. The Morgan fingerprint density at radius 3 is 2.55 bits per heavy atom. The first-order valence-electron chi connectivity index (χ1n) is 9.06. The summed E-state index contributed by atoms with van der Waals surface area (Å²) in [5.41, 5.74) is -1.11. The number of nitrogens with zero attached hydrogens (tertiary/aromatic N) is 1. The SMILES string of the molecule is CC(C)CC[C@]1(C)NC(=O)N(CC(=O)OCC(=O)Nc2ccc(F)c(F)c2)C1=O. The molecule has 2 rings (SSSR count). The van der Waals surface area contributed by atoms with Crippen LogP contribution in [0.5, 0.6) is 0 Å². The lowest BCUT2D eigenvalue weighted by Crippen LogP contribution is -2.44. The largest absolute Gasteiger partial charge is 0.454 e. The van der Waals surface area contributed by atoms with Crippen molar-refractivity contribution < 1.29 is 32.7 Å². The fourth-order valence-corrected chi connectivity index (χ4v) is 2.73. The highest BCUT2D eigenvalue weighted by atomic mass is 19.2. The minimum absolute atomic E-state index is 0.0139. The monoisotopic (exact) mass is 411 g/mol. The summed E-state index contributed by atoms with van der Waals surface area (Å²) in [5, 5.41) is 4.82. The molecule has 1 saturated heterocycles. The van der Waals surface area contributed by atoms with Crippen molar-refractivity contribution in [2.45, 2.75) is 39.2 Å². The maximum atomic E-state index is 13.1. The maximum absolute atomic E-state index is 13.1. The highest BCUT2D eigenvalue weighted by Gasteiger charge is 2.48. The fourth-order valence-electron chi connectivity index (χ4n) is 2.73. The zero-order chi connectivity index (χ0) is 21.8. The number of amides is 4. The zero-order valence-corrected chi connectivity index (χ0v) is 16.4. The molecule has 4 amide bonds. The molecule has 1 aliphatic rings. The van der Waals surface area contributed by atoms with E-state index in [-0.39, 0.29) is 5.69 Å². The van der Waals surface area contributed by atoms with Crippen molar-refractivity contribution in [2.24, 2.45) is 5.92 Å². The second-order valence-electron chi connectivity index (χ2n) is 7.42. The third-order valence-corrected chi connectivity index (χ3v) is 4.42. The molecule has 1 aromatic rings. The van der Waals surface area contributed by atoms with Crippen molar-refractivity contribution in [2.75, 3.05) is 18.5 Å². The average Bonchev–Trinajstić information content (AvgIpc) is 2.85. The van der Waals surface area contributed by atoms with E-state index in [1.165, 1.54) is 0 Å². The molecule has 0 aliphatic carbocycles. The van der Waals surface area contributed by atoms with Gasteiger partial charge in [-0.1, -0.05) is 13.8 Å². The van der Waals surface area contributed by atoms with E-state index in [1.807, 2.05) is 13.8 Å². The van der Waals surface area contributed by atoms with Crippen molar-refractivity contribution in [1.82, 2.24) is 10.2 Å². The summed E-state index contributed by atoms with van der Waals surface area (Å²) in [5.74, 6) is -4.15. The lowest BCUT2D eigenvalue weighted by Gasteiger charge is -2.22. The van der Waals surface area contributed by atoms with Crippen LogP contribution < -0.4 is 10.6 Å². The van der Waals surface area contributed by atoms with Gasteiger partial charge in [0.05, 0.1) is 0 Å². The number of anilines is 1. The Hall–Kier alpha value is -3.04. The minimum atomic E-state index is -1.14. The number of imide groups is 1. The van der Waals surface area contributed by atoms with Crippen molar-refractivity contribution in [3.8, 4) is 0 Å². The second-order valence-corrected chi connectivity index (χ2v) is 7.42. The number of ether oxygens (including phenoxy) is 1. The lowest BCUT2D eigenvalue weighted by molar-refractivity contribution is -0.150. The van der Waals surface area contributed by atoms with Gasteiger partial charge in [-0.15, -0.1) is 0 Å². The van der Waals surface area contributed by atoms with Gasteiger partial charge < -0.3 is 15.4 Å². The Kier molecular flexibility index (Phi) is 6.89. The molecule has 10 heteroatoms. The minimum Gasteiger partial charge on any atom is -0.454 e. The Bertz CT molecular complexity index is 830. The van der Waals surface area contributed by atoms with Gasteiger partial charge >= 0.3 is 12.0 Å². The molecular weight excluding hydrogens is 388 g/mol. The van der Waals surface area contributed by atoms with Crippen LogP contribution >= 0.6 is 0 Å². The number of benzene rings is 1. The van der Waals surface area contributed by atoms with E-state index in [9.17, 15) is 28.0 Å². The third kappa shape index (κ3) is 5.72. The van der Waals surface area contributed by atoms with Gasteiger partial charge in [0, 0.05) is 11.8 Å². The highest BCUT2D eigenvalue weighted by Crippen LogP contribution is 2.24. The summed E-state index contributed by atoms with van der Waals surface area (Å²) >= 11 is 0. The standard InChI is InChI=1S/C19H23F2N3O5/c1-11(2)6-7-19(3)17(27)24(18(28)23-19)9-16(26)29-10-15(25)22-12-4-5-13(20)14(21)8-12/h4-5,8,11H,6-7,9-10H2,1-3H3,(H,22,25)(H,23,28)/t19-/m0/s1. The molecule has 1 aliphatic heterocycles. The van der Waals surface area contributed by atoms with Crippen molar-refractivity contribution in [3.63, 3.8) is 0 Å². The molecule has 0 saturated carbocycles. The van der Waals surface area contributed by atoms with Crippen molar-refractivity contribution >= 4 is 29.5 Å². The van der Waals surface area contributed by atoms with E-state index in [0.717, 1.165) is 23.1 Å². The van der Waals surface area contributed by atoms with Gasteiger partial charge in [-0.25, -0.2) is 13.6 Å². The van der Waals surface area contributed by atoms with E-state index in [2.05, 4.69) is 10.6 Å². The normalized spacial score (nSPS) is 18.8. The topological polar surface area (TPSA) is 105 Å². The summed E-state index contributed by atoms with van der Waals surface area (Å²) in [6.45, 7) is 4.22. The number of carbonyl (C=O) groups is 4. The predicted molar refractivity (Wildman–Crippen MR) is 98.7 cm³/mol. The number of nitrogens with one attached hydrogen (secondary N) is 2. The van der Waals surface area contributed by atoms with E-state index < -0.39 is 54.1 Å². The van der Waals surface area contributed by atoms with E-state index in [1.54, 1.807) is 6.92 Å². The Balaban J connectivity index is 1.85. The maximum Gasteiger partial charge on any atom is 0.326 e. The van der Waals surface area contributed by atoms with Crippen LogP contribution in [0.15, 0.2) is 18.2 Å². The molecule has 1 atom stereocenters.